The van der Waals surface area contributed by atoms with E-state index in [0.717, 1.165) is 18.6 Å². The molecule has 0 aromatic heterocycles. The lowest BCUT2D eigenvalue weighted by Gasteiger charge is -2.23. The Balaban J connectivity index is 1.63. The number of aryl methyl sites for hydroxylation is 1. The number of nitrogens with zero attached hydrogens (tertiary/aromatic N) is 1. The van der Waals surface area contributed by atoms with E-state index in [1.54, 1.807) is 0 Å². The van der Waals surface area contributed by atoms with Crippen molar-refractivity contribution in [3.8, 4) is 0 Å². The lowest BCUT2D eigenvalue weighted by Crippen LogP contribution is -2.41. The summed E-state index contributed by atoms with van der Waals surface area (Å²) >= 11 is 5.41. The molecule has 118 valence electrons. The van der Waals surface area contributed by atoms with Crippen LogP contribution in [-0.2, 0) is 6.42 Å². The Morgan fingerprint density at radius 2 is 1.77 bits per heavy atom. The van der Waals surface area contributed by atoms with E-state index in [9.17, 15) is 0 Å². The standard InChI is InChI=1S/C18H25N3S/c22-18(19-15-10-2-1-3-11-15)21-20-17-13-7-5-9-14-8-4-6-12-16(14)17/h4,6,8,12,15H,1-3,5,7,9-11,13H2,(H2,19,21,22). The molecule has 1 fully saturated rings. The maximum atomic E-state index is 5.41. The van der Waals surface area contributed by atoms with Gasteiger partial charge in [-0.25, -0.2) is 0 Å². The Labute approximate surface area is 138 Å². The highest BCUT2D eigenvalue weighted by molar-refractivity contribution is 7.80. The summed E-state index contributed by atoms with van der Waals surface area (Å²) < 4.78 is 0. The maximum absolute atomic E-state index is 5.41. The van der Waals surface area contributed by atoms with Gasteiger partial charge in [-0.15, -0.1) is 0 Å². The highest BCUT2D eigenvalue weighted by atomic mass is 32.1. The van der Waals surface area contributed by atoms with Crippen LogP contribution in [0, 0.1) is 0 Å². The number of fused-ring (bicyclic) bond motifs is 1. The molecular formula is C18H25N3S. The molecule has 1 aromatic rings. The van der Waals surface area contributed by atoms with Crippen LogP contribution in [0.4, 0.5) is 0 Å². The zero-order valence-electron chi connectivity index (χ0n) is 13.1. The van der Waals surface area contributed by atoms with Gasteiger partial charge in [0.25, 0.3) is 0 Å². The predicted octanol–water partition coefficient (Wildman–Crippen LogP) is 3.91. The van der Waals surface area contributed by atoms with Crippen LogP contribution in [0.2, 0.25) is 0 Å². The van der Waals surface area contributed by atoms with Crippen molar-refractivity contribution in [1.82, 2.24) is 10.7 Å². The first-order valence-corrected chi connectivity index (χ1v) is 8.95. The van der Waals surface area contributed by atoms with Crippen LogP contribution in [-0.4, -0.2) is 16.9 Å². The molecule has 0 bridgehead atoms. The fourth-order valence-electron chi connectivity index (χ4n) is 3.46. The molecule has 1 aromatic carbocycles. The molecule has 0 unspecified atom stereocenters. The van der Waals surface area contributed by atoms with Gasteiger partial charge in [0.2, 0.25) is 0 Å². The van der Waals surface area contributed by atoms with Crippen molar-refractivity contribution in [1.29, 1.82) is 0 Å². The van der Waals surface area contributed by atoms with Gasteiger partial charge in [0.05, 0.1) is 5.71 Å². The molecular weight excluding hydrogens is 290 g/mol. The molecule has 0 radical (unpaired) electrons. The van der Waals surface area contributed by atoms with Crippen LogP contribution in [0.1, 0.15) is 62.5 Å². The van der Waals surface area contributed by atoms with E-state index in [1.165, 1.54) is 56.1 Å². The predicted molar refractivity (Wildman–Crippen MR) is 96.3 cm³/mol. The third kappa shape index (κ3) is 4.07. The van der Waals surface area contributed by atoms with Crippen molar-refractivity contribution in [3.63, 3.8) is 0 Å². The summed E-state index contributed by atoms with van der Waals surface area (Å²) in [5.41, 5.74) is 6.91. The van der Waals surface area contributed by atoms with Gasteiger partial charge < -0.3 is 5.32 Å². The summed E-state index contributed by atoms with van der Waals surface area (Å²) in [6.07, 6.45) is 11.0. The van der Waals surface area contributed by atoms with Gasteiger partial charge in [0, 0.05) is 11.6 Å². The minimum Gasteiger partial charge on any atom is -0.359 e. The molecule has 0 atom stereocenters. The molecule has 4 heteroatoms. The molecule has 0 spiro atoms. The molecule has 22 heavy (non-hydrogen) atoms. The average molecular weight is 315 g/mol. The van der Waals surface area contributed by atoms with Crippen molar-refractivity contribution in [3.05, 3.63) is 35.4 Å². The number of hydrogen-bond donors (Lipinski definition) is 2. The normalized spacial score (nSPS) is 21.0. The summed E-state index contributed by atoms with van der Waals surface area (Å²) in [5, 5.41) is 8.69. The molecule has 3 nitrogen and oxygen atoms in total. The SMILES string of the molecule is S=C(NN=C1CCCCc2ccccc21)NC1CCCCC1. The lowest BCUT2D eigenvalue weighted by molar-refractivity contribution is 0.412. The summed E-state index contributed by atoms with van der Waals surface area (Å²) in [6.45, 7) is 0. The molecule has 2 aliphatic carbocycles. The number of benzene rings is 1. The zero-order valence-corrected chi connectivity index (χ0v) is 13.9. The van der Waals surface area contributed by atoms with Crippen molar-refractivity contribution in [2.45, 2.75) is 63.8 Å². The highest BCUT2D eigenvalue weighted by Gasteiger charge is 2.15. The van der Waals surface area contributed by atoms with E-state index in [4.69, 9.17) is 12.2 Å². The van der Waals surface area contributed by atoms with Crippen LogP contribution >= 0.6 is 12.2 Å². The van der Waals surface area contributed by atoms with Crippen molar-refractivity contribution in [2.24, 2.45) is 5.10 Å². The minimum absolute atomic E-state index is 0.523. The van der Waals surface area contributed by atoms with Gasteiger partial charge in [-0.05, 0) is 56.3 Å². The zero-order chi connectivity index (χ0) is 15.2. The molecule has 3 rings (SSSR count). The highest BCUT2D eigenvalue weighted by Crippen LogP contribution is 2.21. The van der Waals surface area contributed by atoms with E-state index < -0.39 is 0 Å². The smallest absolute Gasteiger partial charge is 0.187 e. The average Bonchev–Trinajstić information content (AvgIpc) is 2.76. The van der Waals surface area contributed by atoms with Crippen molar-refractivity contribution in [2.75, 3.05) is 0 Å². The van der Waals surface area contributed by atoms with Crippen LogP contribution < -0.4 is 10.7 Å². The fraction of sp³-hybridized carbons (Fsp3) is 0.556. The second-order valence-corrected chi connectivity index (χ2v) is 6.75. The van der Waals surface area contributed by atoms with E-state index >= 15 is 0 Å². The summed E-state index contributed by atoms with van der Waals surface area (Å²) in [6, 6.07) is 9.13. The van der Waals surface area contributed by atoms with Crippen molar-refractivity contribution < 1.29 is 0 Å². The van der Waals surface area contributed by atoms with Gasteiger partial charge in [0.15, 0.2) is 5.11 Å². The summed E-state index contributed by atoms with van der Waals surface area (Å²) in [4.78, 5) is 0. The molecule has 1 saturated carbocycles. The monoisotopic (exact) mass is 315 g/mol. The molecule has 2 aliphatic rings. The first kappa shape index (κ1) is 15.5. The maximum Gasteiger partial charge on any atom is 0.187 e. The Kier molecular flexibility index (Phi) is 5.43. The first-order chi connectivity index (χ1) is 10.8. The summed E-state index contributed by atoms with van der Waals surface area (Å²) in [7, 11) is 0. The van der Waals surface area contributed by atoms with Gasteiger partial charge in [-0.3, -0.25) is 5.43 Å². The third-order valence-corrected chi connectivity index (χ3v) is 4.88. The Morgan fingerprint density at radius 1 is 1.00 bits per heavy atom. The topological polar surface area (TPSA) is 36.4 Å². The van der Waals surface area contributed by atoms with Crippen LogP contribution in [0.15, 0.2) is 29.4 Å². The molecule has 2 N–H and O–H groups in total. The second kappa shape index (κ2) is 7.73. The molecule has 0 amide bonds. The number of hydrazone groups is 1. The largest absolute Gasteiger partial charge is 0.359 e. The second-order valence-electron chi connectivity index (χ2n) is 6.34. The third-order valence-electron chi connectivity index (χ3n) is 4.67. The van der Waals surface area contributed by atoms with E-state index in [1.807, 2.05) is 0 Å². The van der Waals surface area contributed by atoms with Crippen LogP contribution in [0.5, 0.6) is 0 Å². The molecule has 0 heterocycles. The Bertz CT molecular complexity index is 547. The van der Waals surface area contributed by atoms with Crippen LogP contribution in [0.25, 0.3) is 0 Å². The quantitative estimate of drug-likeness (QED) is 0.493. The molecule has 0 saturated heterocycles. The number of rotatable bonds is 2. The van der Waals surface area contributed by atoms with E-state index in [0.29, 0.717) is 11.2 Å². The minimum atomic E-state index is 0.523. The number of thiocarbonyl (C=S) groups is 1. The van der Waals surface area contributed by atoms with Crippen molar-refractivity contribution >= 4 is 23.0 Å². The Hall–Kier alpha value is -1.42. The Morgan fingerprint density at radius 3 is 2.64 bits per heavy atom. The first-order valence-electron chi connectivity index (χ1n) is 8.54. The molecule has 0 aliphatic heterocycles. The van der Waals surface area contributed by atoms with Gasteiger partial charge >= 0.3 is 0 Å². The summed E-state index contributed by atoms with van der Waals surface area (Å²) in [5.74, 6) is 0. The number of hydrogen-bond acceptors (Lipinski definition) is 2. The van der Waals surface area contributed by atoms with Gasteiger partial charge in [-0.2, -0.15) is 5.10 Å². The fourth-order valence-corrected chi connectivity index (χ4v) is 3.67. The van der Waals surface area contributed by atoms with Gasteiger partial charge in [0.1, 0.15) is 0 Å². The lowest BCUT2D eigenvalue weighted by atomic mass is 9.96. The van der Waals surface area contributed by atoms with Gasteiger partial charge in [-0.1, -0.05) is 43.5 Å². The van der Waals surface area contributed by atoms with E-state index in [2.05, 4.69) is 40.1 Å². The van der Waals surface area contributed by atoms with Crippen LogP contribution in [0.3, 0.4) is 0 Å². The van der Waals surface area contributed by atoms with E-state index in [-0.39, 0.29) is 0 Å². The number of nitrogens with one attached hydrogen (secondary N) is 2.